The minimum absolute atomic E-state index is 0.0258. The van der Waals surface area contributed by atoms with Gasteiger partial charge in [0.25, 0.3) is 5.91 Å². The van der Waals surface area contributed by atoms with Gasteiger partial charge in [0.05, 0.1) is 6.54 Å². The molecule has 0 aliphatic rings. The molecule has 2 aromatic heterocycles. The summed E-state index contributed by atoms with van der Waals surface area (Å²) in [5, 5.41) is 6.52. The number of hydrogen-bond donors (Lipinski definition) is 1. The molecular weight excluding hydrogens is 287 g/mol. The molecule has 1 amide bonds. The number of amides is 1. The highest BCUT2D eigenvalue weighted by molar-refractivity contribution is 5.92. The lowest BCUT2D eigenvalue weighted by molar-refractivity contribution is -0.140. The molecule has 2 heterocycles. The molecule has 21 heavy (non-hydrogen) atoms. The van der Waals surface area contributed by atoms with Crippen LogP contribution in [-0.4, -0.2) is 43.8 Å². The standard InChI is InChI=1S/C12H14F3N5O/c1-8-16-10(18-17-8)6-19(2)11(21)9-4-3-5-20(9)7-12(13,14)15/h3-5H,6-7H2,1-2H3,(H,16,17,18). The van der Waals surface area contributed by atoms with Gasteiger partial charge in [-0.1, -0.05) is 0 Å². The molecule has 9 heteroatoms. The molecule has 6 nitrogen and oxygen atoms in total. The van der Waals surface area contributed by atoms with Gasteiger partial charge in [0, 0.05) is 13.2 Å². The lowest BCUT2D eigenvalue weighted by atomic mass is 10.3. The SMILES string of the molecule is Cc1nc(CN(C)C(=O)c2cccn2CC(F)(F)F)n[nH]1. The van der Waals surface area contributed by atoms with Gasteiger partial charge in [-0.05, 0) is 19.1 Å². The molecule has 114 valence electrons. The maximum Gasteiger partial charge on any atom is 0.406 e. The van der Waals surface area contributed by atoms with Gasteiger partial charge in [0.15, 0.2) is 5.82 Å². The maximum absolute atomic E-state index is 12.4. The second kappa shape index (κ2) is 5.58. The van der Waals surface area contributed by atoms with Crippen LogP contribution >= 0.6 is 0 Å². The summed E-state index contributed by atoms with van der Waals surface area (Å²) < 4.78 is 38.2. The van der Waals surface area contributed by atoms with E-state index >= 15 is 0 Å². The van der Waals surface area contributed by atoms with E-state index in [4.69, 9.17) is 0 Å². The summed E-state index contributed by atoms with van der Waals surface area (Å²) in [6.07, 6.45) is -3.15. The van der Waals surface area contributed by atoms with Crippen molar-refractivity contribution in [2.75, 3.05) is 7.05 Å². The Bertz CT molecular complexity index is 631. The Morgan fingerprint density at radius 1 is 1.48 bits per heavy atom. The number of carbonyl (C=O) groups is 1. The first-order valence-corrected chi connectivity index (χ1v) is 6.11. The fourth-order valence-electron chi connectivity index (χ4n) is 1.88. The van der Waals surface area contributed by atoms with Crippen LogP contribution < -0.4 is 0 Å². The van der Waals surface area contributed by atoms with Crippen LogP contribution in [0.2, 0.25) is 0 Å². The van der Waals surface area contributed by atoms with Gasteiger partial charge in [-0.3, -0.25) is 9.89 Å². The number of carbonyl (C=O) groups excluding carboxylic acids is 1. The van der Waals surface area contributed by atoms with Crippen LogP contribution in [-0.2, 0) is 13.1 Å². The third-order valence-corrected chi connectivity index (χ3v) is 2.77. The molecule has 0 radical (unpaired) electrons. The molecule has 0 saturated heterocycles. The zero-order valence-corrected chi connectivity index (χ0v) is 11.5. The van der Waals surface area contributed by atoms with E-state index < -0.39 is 18.6 Å². The van der Waals surface area contributed by atoms with Gasteiger partial charge in [-0.25, -0.2) is 4.98 Å². The predicted molar refractivity (Wildman–Crippen MR) is 67.4 cm³/mol. The summed E-state index contributed by atoms with van der Waals surface area (Å²) in [5.74, 6) is 0.482. The molecular formula is C12H14F3N5O. The van der Waals surface area contributed by atoms with Gasteiger partial charge in [-0.15, -0.1) is 0 Å². The largest absolute Gasteiger partial charge is 0.406 e. The minimum Gasteiger partial charge on any atom is -0.334 e. The molecule has 0 unspecified atom stereocenters. The van der Waals surface area contributed by atoms with Crippen LogP contribution in [0.15, 0.2) is 18.3 Å². The number of halogens is 3. The Kier molecular flexibility index (Phi) is 4.01. The Hall–Kier alpha value is -2.32. The van der Waals surface area contributed by atoms with Gasteiger partial charge in [0.1, 0.15) is 18.1 Å². The van der Waals surface area contributed by atoms with E-state index in [-0.39, 0.29) is 12.2 Å². The molecule has 2 aromatic rings. The van der Waals surface area contributed by atoms with Crippen LogP contribution in [0.3, 0.4) is 0 Å². The maximum atomic E-state index is 12.4. The van der Waals surface area contributed by atoms with E-state index in [1.165, 1.54) is 30.3 Å². The van der Waals surface area contributed by atoms with Crippen molar-refractivity contribution in [3.8, 4) is 0 Å². The Balaban J connectivity index is 2.11. The number of aromatic amines is 1. The van der Waals surface area contributed by atoms with Crippen molar-refractivity contribution in [1.82, 2.24) is 24.6 Å². The molecule has 0 aliphatic heterocycles. The van der Waals surface area contributed by atoms with E-state index in [1.807, 2.05) is 0 Å². The van der Waals surface area contributed by atoms with Gasteiger partial charge in [-0.2, -0.15) is 18.3 Å². The van der Waals surface area contributed by atoms with Crippen LogP contribution in [0, 0.1) is 6.92 Å². The average Bonchev–Trinajstić information content (AvgIpc) is 2.95. The van der Waals surface area contributed by atoms with Crippen molar-refractivity contribution in [3.05, 3.63) is 35.7 Å². The van der Waals surface area contributed by atoms with Crippen molar-refractivity contribution in [2.24, 2.45) is 0 Å². The highest BCUT2D eigenvalue weighted by Gasteiger charge is 2.30. The second-order valence-corrected chi connectivity index (χ2v) is 4.63. The number of nitrogens with zero attached hydrogens (tertiary/aromatic N) is 4. The molecule has 0 aliphatic carbocycles. The van der Waals surface area contributed by atoms with E-state index in [2.05, 4.69) is 15.2 Å². The number of aromatic nitrogens is 4. The van der Waals surface area contributed by atoms with Gasteiger partial charge < -0.3 is 9.47 Å². The van der Waals surface area contributed by atoms with Crippen molar-refractivity contribution in [3.63, 3.8) is 0 Å². The second-order valence-electron chi connectivity index (χ2n) is 4.63. The number of H-pyrrole nitrogens is 1. The van der Waals surface area contributed by atoms with E-state index in [9.17, 15) is 18.0 Å². The molecule has 0 atom stereocenters. The van der Waals surface area contributed by atoms with Gasteiger partial charge in [0.2, 0.25) is 0 Å². The molecule has 1 N–H and O–H groups in total. The highest BCUT2D eigenvalue weighted by atomic mass is 19.4. The fraction of sp³-hybridized carbons (Fsp3) is 0.417. The average molecular weight is 301 g/mol. The summed E-state index contributed by atoms with van der Waals surface area (Å²) in [4.78, 5) is 17.5. The lowest BCUT2D eigenvalue weighted by Gasteiger charge is -2.17. The van der Waals surface area contributed by atoms with Crippen molar-refractivity contribution < 1.29 is 18.0 Å². The van der Waals surface area contributed by atoms with Crippen LogP contribution in [0.25, 0.3) is 0 Å². The monoisotopic (exact) mass is 301 g/mol. The first-order chi connectivity index (χ1) is 9.76. The number of nitrogens with one attached hydrogen (secondary N) is 1. The first-order valence-electron chi connectivity index (χ1n) is 6.11. The Morgan fingerprint density at radius 3 is 2.76 bits per heavy atom. The molecule has 0 fully saturated rings. The summed E-state index contributed by atoms with van der Waals surface area (Å²) in [5.41, 5.74) is -0.0258. The summed E-state index contributed by atoms with van der Waals surface area (Å²) >= 11 is 0. The summed E-state index contributed by atoms with van der Waals surface area (Å²) in [6.45, 7) is 0.627. The highest BCUT2D eigenvalue weighted by Crippen LogP contribution is 2.19. The third-order valence-electron chi connectivity index (χ3n) is 2.77. The number of hydrogen-bond acceptors (Lipinski definition) is 3. The first kappa shape index (κ1) is 15.1. The van der Waals surface area contributed by atoms with Crippen LogP contribution in [0.4, 0.5) is 13.2 Å². The van der Waals surface area contributed by atoms with E-state index in [1.54, 1.807) is 6.92 Å². The molecule has 0 aromatic carbocycles. The lowest BCUT2D eigenvalue weighted by Crippen LogP contribution is -2.30. The predicted octanol–water partition coefficient (Wildman–Crippen LogP) is 1.75. The van der Waals surface area contributed by atoms with Crippen molar-refractivity contribution in [2.45, 2.75) is 26.2 Å². The quantitative estimate of drug-likeness (QED) is 0.935. The summed E-state index contributed by atoms with van der Waals surface area (Å²) in [6, 6.07) is 2.76. The molecule has 0 bridgehead atoms. The van der Waals surface area contributed by atoms with Crippen LogP contribution in [0.1, 0.15) is 22.1 Å². The zero-order chi connectivity index (χ0) is 15.6. The normalized spacial score (nSPS) is 11.7. The minimum atomic E-state index is -4.38. The molecule has 0 saturated carbocycles. The van der Waals surface area contributed by atoms with E-state index in [0.717, 1.165) is 4.57 Å². The van der Waals surface area contributed by atoms with Crippen molar-refractivity contribution >= 4 is 5.91 Å². The number of alkyl halides is 3. The van der Waals surface area contributed by atoms with Crippen LogP contribution in [0.5, 0.6) is 0 Å². The summed E-state index contributed by atoms with van der Waals surface area (Å²) in [7, 11) is 1.49. The number of rotatable bonds is 4. The smallest absolute Gasteiger partial charge is 0.334 e. The zero-order valence-electron chi connectivity index (χ0n) is 11.5. The third kappa shape index (κ3) is 3.83. The fourth-order valence-corrected chi connectivity index (χ4v) is 1.88. The molecule has 2 rings (SSSR count). The van der Waals surface area contributed by atoms with E-state index in [0.29, 0.717) is 11.6 Å². The Labute approximate surface area is 118 Å². The Morgan fingerprint density at radius 2 is 2.19 bits per heavy atom. The van der Waals surface area contributed by atoms with Gasteiger partial charge >= 0.3 is 6.18 Å². The number of aryl methyl sites for hydroxylation is 1. The van der Waals surface area contributed by atoms with Crippen molar-refractivity contribution in [1.29, 1.82) is 0 Å². The molecule has 0 spiro atoms. The topological polar surface area (TPSA) is 66.8 Å².